The summed E-state index contributed by atoms with van der Waals surface area (Å²) in [5.74, 6) is -0.567. The molecule has 0 aromatic heterocycles. The number of rotatable bonds is 3. The minimum atomic E-state index is -0.567. The van der Waals surface area contributed by atoms with Gasteiger partial charge in [-0.3, -0.25) is 4.79 Å². The molecule has 0 fully saturated rings. The Hall–Kier alpha value is -1.07. The first-order chi connectivity index (χ1) is 7.10. The Morgan fingerprint density at radius 3 is 2.80 bits per heavy atom. The minimum absolute atomic E-state index is 0.198. The van der Waals surface area contributed by atoms with E-state index in [0.717, 1.165) is 0 Å². The predicted molar refractivity (Wildman–Crippen MR) is 60.2 cm³/mol. The van der Waals surface area contributed by atoms with Crippen molar-refractivity contribution in [3.8, 4) is 0 Å². The van der Waals surface area contributed by atoms with Gasteiger partial charge in [-0.25, -0.2) is 4.79 Å². The lowest BCUT2D eigenvalue weighted by molar-refractivity contribution is -0.105. The van der Waals surface area contributed by atoms with Gasteiger partial charge in [-0.1, -0.05) is 11.6 Å². The Kier molecular flexibility index (Phi) is 4.11. The van der Waals surface area contributed by atoms with Gasteiger partial charge < -0.3 is 10.1 Å². The van der Waals surface area contributed by atoms with E-state index in [1.165, 1.54) is 13.2 Å². The van der Waals surface area contributed by atoms with Crippen molar-refractivity contribution in [2.24, 2.45) is 0 Å². The van der Waals surface area contributed by atoms with Gasteiger partial charge >= 0.3 is 5.97 Å². The van der Waals surface area contributed by atoms with Crippen LogP contribution in [0, 0.1) is 0 Å². The molecule has 0 unspecified atom stereocenters. The SMILES string of the molecule is COC(=O)c1cc(Cl)cc(Br)c1NC=O. The molecule has 0 heterocycles. The highest BCUT2D eigenvalue weighted by molar-refractivity contribution is 9.10. The van der Waals surface area contributed by atoms with Crippen LogP contribution in [0.1, 0.15) is 10.4 Å². The number of carbonyl (C=O) groups excluding carboxylic acids is 2. The fourth-order valence-corrected chi connectivity index (χ4v) is 1.97. The standard InChI is InChI=1S/C9H7BrClNO3/c1-15-9(14)6-2-5(11)3-7(10)8(6)12-4-13/h2-4H,1H3,(H,12,13). The quantitative estimate of drug-likeness (QED) is 0.688. The summed E-state index contributed by atoms with van der Waals surface area (Å²) < 4.78 is 5.08. The van der Waals surface area contributed by atoms with Crippen LogP contribution in [0.25, 0.3) is 0 Å². The Balaban J connectivity index is 3.32. The molecule has 0 aliphatic rings. The van der Waals surface area contributed by atoms with Crippen molar-refractivity contribution < 1.29 is 14.3 Å². The molecule has 0 atom stereocenters. The summed E-state index contributed by atoms with van der Waals surface area (Å²) in [5, 5.41) is 2.77. The van der Waals surface area contributed by atoms with Crippen molar-refractivity contribution in [2.75, 3.05) is 12.4 Å². The lowest BCUT2D eigenvalue weighted by Crippen LogP contribution is -2.07. The number of nitrogens with one attached hydrogen (secondary N) is 1. The van der Waals surface area contributed by atoms with Gasteiger partial charge in [0, 0.05) is 9.50 Å². The van der Waals surface area contributed by atoms with Gasteiger partial charge in [0.15, 0.2) is 0 Å². The number of hydrogen-bond donors (Lipinski definition) is 1. The highest BCUT2D eigenvalue weighted by atomic mass is 79.9. The van der Waals surface area contributed by atoms with E-state index in [-0.39, 0.29) is 5.56 Å². The Morgan fingerprint density at radius 2 is 2.27 bits per heavy atom. The molecule has 80 valence electrons. The van der Waals surface area contributed by atoms with Crippen LogP contribution in [0.15, 0.2) is 16.6 Å². The third kappa shape index (κ3) is 2.70. The van der Waals surface area contributed by atoms with Crippen molar-refractivity contribution in [1.82, 2.24) is 0 Å². The first-order valence-corrected chi connectivity index (χ1v) is 5.04. The maximum absolute atomic E-state index is 11.4. The van der Waals surface area contributed by atoms with Gasteiger partial charge in [0.2, 0.25) is 6.41 Å². The summed E-state index contributed by atoms with van der Waals surface area (Å²) in [5.41, 5.74) is 0.533. The van der Waals surface area contributed by atoms with Crippen molar-refractivity contribution in [3.05, 3.63) is 27.2 Å². The molecule has 1 aromatic carbocycles. The molecule has 1 N–H and O–H groups in total. The largest absolute Gasteiger partial charge is 0.465 e. The smallest absolute Gasteiger partial charge is 0.340 e. The minimum Gasteiger partial charge on any atom is -0.465 e. The predicted octanol–water partition coefficient (Wildman–Crippen LogP) is 2.46. The van der Waals surface area contributed by atoms with E-state index >= 15 is 0 Å². The summed E-state index contributed by atoms with van der Waals surface area (Å²) in [6.07, 6.45) is 0.473. The highest BCUT2D eigenvalue weighted by Gasteiger charge is 2.15. The molecule has 0 saturated heterocycles. The second kappa shape index (κ2) is 5.14. The van der Waals surface area contributed by atoms with Gasteiger partial charge in [-0.05, 0) is 28.1 Å². The van der Waals surface area contributed by atoms with E-state index in [4.69, 9.17) is 11.6 Å². The Labute approximate surface area is 99.7 Å². The normalized spacial score (nSPS) is 9.53. The average Bonchev–Trinajstić information content (AvgIpc) is 2.20. The molecule has 1 aromatic rings. The van der Waals surface area contributed by atoms with E-state index < -0.39 is 5.97 Å². The molecule has 0 bridgehead atoms. The zero-order valence-corrected chi connectivity index (χ0v) is 10.1. The molecule has 0 aliphatic carbocycles. The van der Waals surface area contributed by atoms with Crippen LogP contribution in [0.3, 0.4) is 0 Å². The van der Waals surface area contributed by atoms with Gasteiger partial charge in [0.05, 0.1) is 18.4 Å². The summed E-state index contributed by atoms with van der Waals surface area (Å²) in [7, 11) is 1.25. The van der Waals surface area contributed by atoms with Gasteiger partial charge in [0.25, 0.3) is 0 Å². The van der Waals surface area contributed by atoms with Gasteiger partial charge in [0.1, 0.15) is 0 Å². The lowest BCUT2D eigenvalue weighted by atomic mass is 10.2. The van der Waals surface area contributed by atoms with E-state index in [0.29, 0.717) is 21.6 Å². The summed E-state index contributed by atoms with van der Waals surface area (Å²) >= 11 is 8.95. The molecule has 0 radical (unpaired) electrons. The molecule has 1 amide bonds. The third-order valence-electron chi connectivity index (χ3n) is 1.66. The number of methoxy groups -OCH3 is 1. The highest BCUT2D eigenvalue weighted by Crippen LogP contribution is 2.30. The number of hydrogen-bond acceptors (Lipinski definition) is 3. The number of ether oxygens (including phenoxy) is 1. The molecule has 0 saturated carbocycles. The van der Waals surface area contributed by atoms with E-state index in [9.17, 15) is 9.59 Å². The van der Waals surface area contributed by atoms with Crippen LogP contribution >= 0.6 is 27.5 Å². The fourth-order valence-electron chi connectivity index (χ4n) is 1.05. The fraction of sp³-hybridized carbons (Fsp3) is 0.111. The first kappa shape index (κ1) is 12.0. The maximum Gasteiger partial charge on any atom is 0.340 e. The Bertz CT molecular complexity index is 409. The third-order valence-corrected chi connectivity index (χ3v) is 2.51. The number of benzene rings is 1. The van der Waals surface area contributed by atoms with Crippen LogP contribution in [-0.4, -0.2) is 19.5 Å². The second-order valence-electron chi connectivity index (χ2n) is 2.56. The van der Waals surface area contributed by atoms with Crippen molar-refractivity contribution >= 4 is 45.6 Å². The van der Waals surface area contributed by atoms with E-state index in [2.05, 4.69) is 26.0 Å². The molecular formula is C9H7BrClNO3. The molecule has 6 heteroatoms. The molecule has 4 nitrogen and oxygen atoms in total. The Morgan fingerprint density at radius 1 is 1.60 bits per heavy atom. The van der Waals surface area contributed by atoms with Crippen LogP contribution < -0.4 is 5.32 Å². The molecular weight excluding hydrogens is 285 g/mol. The number of carbonyl (C=O) groups is 2. The molecule has 0 spiro atoms. The van der Waals surface area contributed by atoms with Crippen LogP contribution in [0.2, 0.25) is 5.02 Å². The number of halogens is 2. The van der Waals surface area contributed by atoms with Crippen LogP contribution in [0.4, 0.5) is 5.69 Å². The number of amides is 1. The zero-order valence-electron chi connectivity index (χ0n) is 7.71. The van der Waals surface area contributed by atoms with Crippen molar-refractivity contribution in [1.29, 1.82) is 0 Å². The average molecular weight is 293 g/mol. The second-order valence-corrected chi connectivity index (χ2v) is 3.85. The van der Waals surface area contributed by atoms with Gasteiger partial charge in [-0.15, -0.1) is 0 Å². The molecule has 15 heavy (non-hydrogen) atoms. The van der Waals surface area contributed by atoms with E-state index in [1.54, 1.807) is 6.07 Å². The van der Waals surface area contributed by atoms with Crippen LogP contribution in [0.5, 0.6) is 0 Å². The molecule has 0 aliphatic heterocycles. The molecule has 1 rings (SSSR count). The summed E-state index contributed by atoms with van der Waals surface area (Å²) in [6.45, 7) is 0. The number of esters is 1. The topological polar surface area (TPSA) is 55.4 Å². The monoisotopic (exact) mass is 291 g/mol. The number of anilines is 1. The van der Waals surface area contributed by atoms with Crippen molar-refractivity contribution in [3.63, 3.8) is 0 Å². The summed E-state index contributed by atoms with van der Waals surface area (Å²) in [4.78, 5) is 21.7. The first-order valence-electron chi connectivity index (χ1n) is 3.87. The maximum atomic E-state index is 11.4. The van der Waals surface area contributed by atoms with E-state index in [1.807, 2.05) is 0 Å². The summed E-state index contributed by atoms with van der Waals surface area (Å²) in [6, 6.07) is 2.99. The van der Waals surface area contributed by atoms with Crippen molar-refractivity contribution in [2.45, 2.75) is 0 Å². The zero-order chi connectivity index (χ0) is 11.4. The van der Waals surface area contributed by atoms with Gasteiger partial charge in [-0.2, -0.15) is 0 Å². The van der Waals surface area contributed by atoms with Crippen LogP contribution in [-0.2, 0) is 9.53 Å². The lowest BCUT2D eigenvalue weighted by Gasteiger charge is -2.09.